The van der Waals surface area contributed by atoms with Gasteiger partial charge in [-0.25, -0.2) is 4.39 Å². The van der Waals surface area contributed by atoms with E-state index in [1.165, 1.54) is 6.07 Å². The molecule has 0 aliphatic heterocycles. The van der Waals surface area contributed by atoms with Crippen LogP contribution in [0.1, 0.15) is 29.9 Å². The highest BCUT2D eigenvalue weighted by molar-refractivity contribution is 6.30. The summed E-state index contributed by atoms with van der Waals surface area (Å²) in [5.41, 5.74) is 3.54. The molecule has 0 aliphatic rings. The van der Waals surface area contributed by atoms with Gasteiger partial charge in [0.15, 0.2) is 0 Å². The number of rotatable bonds is 7. The van der Waals surface area contributed by atoms with Crippen LogP contribution in [0.4, 0.5) is 15.8 Å². The van der Waals surface area contributed by atoms with Crippen molar-refractivity contribution in [3.05, 3.63) is 94.8 Å². The molecule has 0 aromatic heterocycles. The number of para-hydroxylation sites is 1. The van der Waals surface area contributed by atoms with Crippen molar-refractivity contribution in [3.8, 4) is 12.3 Å². The van der Waals surface area contributed by atoms with Gasteiger partial charge in [-0.2, -0.15) is 0 Å². The number of anilines is 2. The molecule has 0 radical (unpaired) electrons. The third-order valence-corrected chi connectivity index (χ3v) is 4.77. The summed E-state index contributed by atoms with van der Waals surface area (Å²) < 4.78 is 14.1. The highest BCUT2D eigenvalue weighted by Crippen LogP contribution is 2.25. The lowest BCUT2D eigenvalue weighted by atomic mass is 9.93. The minimum Gasteiger partial charge on any atom is -0.353 e. The van der Waals surface area contributed by atoms with E-state index >= 15 is 0 Å². The van der Waals surface area contributed by atoms with Gasteiger partial charge in [0.1, 0.15) is 5.82 Å². The number of nitrogens with one attached hydrogen (secondary N) is 1. The lowest BCUT2D eigenvalue weighted by Crippen LogP contribution is -1.99. The van der Waals surface area contributed by atoms with Gasteiger partial charge in [0.05, 0.1) is 5.69 Å². The minimum atomic E-state index is -0.259. The van der Waals surface area contributed by atoms with Gasteiger partial charge in [-0.15, -0.1) is 6.42 Å². The fourth-order valence-electron chi connectivity index (χ4n) is 3.05. The molecule has 3 aromatic carbocycles. The normalized spacial score (nSPS) is 11.6. The smallest absolute Gasteiger partial charge is 0.146 e. The van der Waals surface area contributed by atoms with Crippen molar-refractivity contribution in [2.24, 2.45) is 0 Å². The second kappa shape index (κ2) is 9.26. The van der Waals surface area contributed by atoms with Crippen LogP contribution in [0, 0.1) is 18.2 Å². The average molecular weight is 378 g/mol. The number of terminal acetylenes is 1. The number of halogens is 2. The van der Waals surface area contributed by atoms with E-state index in [2.05, 4.69) is 11.2 Å². The van der Waals surface area contributed by atoms with Gasteiger partial charge in [-0.05, 0) is 66.8 Å². The summed E-state index contributed by atoms with van der Waals surface area (Å²) in [4.78, 5) is 0. The second-order valence-corrected chi connectivity index (χ2v) is 6.90. The first-order valence-electron chi connectivity index (χ1n) is 8.98. The van der Waals surface area contributed by atoms with E-state index in [-0.39, 0.29) is 11.7 Å². The molecule has 0 spiro atoms. The van der Waals surface area contributed by atoms with E-state index in [0.29, 0.717) is 10.7 Å². The average Bonchev–Trinajstić information content (AvgIpc) is 2.69. The molecule has 0 heterocycles. The molecule has 3 rings (SSSR count). The fourth-order valence-corrected chi connectivity index (χ4v) is 3.18. The monoisotopic (exact) mass is 377 g/mol. The van der Waals surface area contributed by atoms with Crippen LogP contribution in [-0.4, -0.2) is 0 Å². The van der Waals surface area contributed by atoms with E-state index in [4.69, 9.17) is 18.0 Å². The van der Waals surface area contributed by atoms with Crippen molar-refractivity contribution in [2.45, 2.75) is 25.2 Å². The quantitative estimate of drug-likeness (QED) is 0.438. The van der Waals surface area contributed by atoms with E-state index < -0.39 is 0 Å². The maximum absolute atomic E-state index is 14.1. The molecule has 136 valence electrons. The predicted octanol–water partition coefficient (Wildman–Crippen LogP) is 6.96. The third kappa shape index (κ3) is 5.36. The topological polar surface area (TPSA) is 12.0 Å². The first-order valence-corrected chi connectivity index (χ1v) is 9.35. The van der Waals surface area contributed by atoms with Crippen LogP contribution >= 0.6 is 11.6 Å². The Labute approximate surface area is 165 Å². The number of hydrogen-bond acceptors (Lipinski definition) is 1. The number of aryl methyl sites for hydroxylation is 1. The van der Waals surface area contributed by atoms with Crippen molar-refractivity contribution in [3.63, 3.8) is 0 Å². The molecular formula is C24H21ClFN. The molecule has 0 bridgehead atoms. The van der Waals surface area contributed by atoms with Crippen molar-refractivity contribution >= 4 is 23.0 Å². The van der Waals surface area contributed by atoms with Crippen LogP contribution in [0.3, 0.4) is 0 Å². The number of benzene rings is 3. The molecule has 1 unspecified atom stereocenters. The van der Waals surface area contributed by atoms with E-state index in [9.17, 15) is 4.39 Å². The van der Waals surface area contributed by atoms with Gasteiger partial charge >= 0.3 is 0 Å². The van der Waals surface area contributed by atoms with Gasteiger partial charge in [-0.1, -0.05) is 53.9 Å². The van der Waals surface area contributed by atoms with Crippen molar-refractivity contribution in [1.82, 2.24) is 0 Å². The van der Waals surface area contributed by atoms with Gasteiger partial charge < -0.3 is 5.32 Å². The summed E-state index contributed by atoms with van der Waals surface area (Å²) >= 11 is 5.94. The molecule has 1 N–H and O–H groups in total. The van der Waals surface area contributed by atoms with E-state index in [1.807, 2.05) is 66.7 Å². The minimum absolute atomic E-state index is 0.0598. The highest BCUT2D eigenvalue weighted by atomic mass is 35.5. The lowest BCUT2D eigenvalue weighted by Gasteiger charge is -2.12. The molecule has 0 aliphatic carbocycles. The predicted molar refractivity (Wildman–Crippen MR) is 112 cm³/mol. The summed E-state index contributed by atoms with van der Waals surface area (Å²) in [5, 5.41) is 3.84. The Morgan fingerprint density at radius 1 is 1.00 bits per heavy atom. The lowest BCUT2D eigenvalue weighted by molar-refractivity contribution is 0.630. The zero-order chi connectivity index (χ0) is 19.1. The van der Waals surface area contributed by atoms with Crippen molar-refractivity contribution in [2.75, 3.05) is 5.32 Å². The Morgan fingerprint density at radius 2 is 1.74 bits per heavy atom. The maximum Gasteiger partial charge on any atom is 0.146 e. The SMILES string of the molecule is C#CC(CCCc1ccc(F)c(Nc2ccccc2)c1)c1ccc(Cl)cc1. The maximum atomic E-state index is 14.1. The van der Waals surface area contributed by atoms with Crippen LogP contribution in [-0.2, 0) is 6.42 Å². The Morgan fingerprint density at radius 3 is 2.44 bits per heavy atom. The summed E-state index contributed by atoms with van der Waals surface area (Å²) in [6.07, 6.45) is 8.35. The molecule has 3 aromatic rings. The molecular weight excluding hydrogens is 357 g/mol. The molecule has 27 heavy (non-hydrogen) atoms. The largest absolute Gasteiger partial charge is 0.353 e. The summed E-state index contributed by atoms with van der Waals surface area (Å²) in [7, 11) is 0. The van der Waals surface area contributed by atoms with E-state index in [1.54, 1.807) is 0 Å². The molecule has 0 fully saturated rings. The molecule has 3 heteroatoms. The van der Waals surface area contributed by atoms with Crippen molar-refractivity contribution in [1.29, 1.82) is 0 Å². The summed E-state index contributed by atoms with van der Waals surface area (Å²) in [5.74, 6) is 2.66. The van der Waals surface area contributed by atoms with Gasteiger partial charge in [-0.3, -0.25) is 0 Å². The standard InChI is InChI=1S/C24H21ClFN/c1-2-19(20-12-14-21(25)15-13-20)8-6-7-18-11-16-23(26)24(17-18)27-22-9-4-3-5-10-22/h1,3-5,9-17,19,27H,6-8H2. The van der Waals surface area contributed by atoms with Crippen LogP contribution in [0.2, 0.25) is 5.02 Å². The second-order valence-electron chi connectivity index (χ2n) is 6.47. The zero-order valence-electron chi connectivity index (χ0n) is 15.0. The Balaban J connectivity index is 1.61. The fraction of sp³-hybridized carbons (Fsp3) is 0.167. The molecule has 1 nitrogen and oxygen atoms in total. The molecule has 1 atom stereocenters. The van der Waals surface area contributed by atoms with Crippen LogP contribution in [0.5, 0.6) is 0 Å². The van der Waals surface area contributed by atoms with Gasteiger partial charge in [0, 0.05) is 16.6 Å². The Kier molecular flexibility index (Phi) is 6.52. The summed E-state index contributed by atoms with van der Waals surface area (Å²) in [6, 6.07) is 22.5. The Bertz CT molecular complexity index is 913. The number of hydrogen-bond donors (Lipinski definition) is 1. The molecule has 0 saturated carbocycles. The first kappa shape index (κ1) is 19.0. The van der Waals surface area contributed by atoms with Gasteiger partial charge in [0.25, 0.3) is 0 Å². The molecule has 0 saturated heterocycles. The summed E-state index contributed by atoms with van der Waals surface area (Å²) in [6.45, 7) is 0. The van der Waals surface area contributed by atoms with Crippen LogP contribution in [0.25, 0.3) is 0 Å². The van der Waals surface area contributed by atoms with Crippen molar-refractivity contribution < 1.29 is 4.39 Å². The van der Waals surface area contributed by atoms with Gasteiger partial charge in [0.2, 0.25) is 0 Å². The van der Waals surface area contributed by atoms with Crippen LogP contribution in [0.15, 0.2) is 72.8 Å². The third-order valence-electron chi connectivity index (χ3n) is 4.52. The van der Waals surface area contributed by atoms with Crippen LogP contribution < -0.4 is 5.32 Å². The Hall–Kier alpha value is -2.76. The highest BCUT2D eigenvalue weighted by Gasteiger charge is 2.09. The van der Waals surface area contributed by atoms with E-state index in [0.717, 1.165) is 36.1 Å². The zero-order valence-corrected chi connectivity index (χ0v) is 15.7. The molecule has 0 amide bonds. The first-order chi connectivity index (χ1) is 13.2.